The topological polar surface area (TPSA) is 64.0 Å². The van der Waals surface area contributed by atoms with E-state index in [4.69, 9.17) is 11.6 Å². The number of halogens is 1. The highest BCUT2D eigenvalue weighted by atomic mass is 35.5. The second-order valence-electron chi connectivity index (χ2n) is 5.65. The Hall–Kier alpha value is -2.15. The Kier molecular flexibility index (Phi) is 5.22. The number of nitrogens with one attached hydrogen (secondary N) is 1. The summed E-state index contributed by atoms with van der Waals surface area (Å²) in [4.78, 5) is 0.165. The van der Waals surface area contributed by atoms with Crippen molar-refractivity contribution in [2.75, 3.05) is 6.54 Å². The van der Waals surface area contributed by atoms with Crippen LogP contribution in [0, 0.1) is 6.92 Å². The number of benzene rings is 2. The molecule has 25 heavy (non-hydrogen) atoms. The molecular weight excluding hydrogens is 358 g/mol. The van der Waals surface area contributed by atoms with Crippen molar-refractivity contribution < 1.29 is 8.42 Å². The lowest BCUT2D eigenvalue weighted by Crippen LogP contribution is -2.26. The molecule has 0 saturated carbocycles. The van der Waals surface area contributed by atoms with Crippen LogP contribution in [-0.2, 0) is 16.4 Å². The van der Waals surface area contributed by atoms with Gasteiger partial charge >= 0.3 is 0 Å². The maximum absolute atomic E-state index is 12.3. The second-order valence-corrected chi connectivity index (χ2v) is 7.82. The van der Waals surface area contributed by atoms with E-state index < -0.39 is 10.0 Å². The minimum atomic E-state index is -3.58. The molecule has 1 aromatic heterocycles. The molecular formula is C18H18ClN3O2S. The SMILES string of the molecule is Cc1ccc(S(=O)(=O)NCCc2ccn(-c3ccccc3)n2)cc1Cl. The van der Waals surface area contributed by atoms with Gasteiger partial charge in [-0.3, -0.25) is 0 Å². The van der Waals surface area contributed by atoms with E-state index in [-0.39, 0.29) is 11.4 Å². The highest BCUT2D eigenvalue weighted by molar-refractivity contribution is 7.89. The molecule has 7 heteroatoms. The summed E-state index contributed by atoms with van der Waals surface area (Å²) in [6.07, 6.45) is 2.36. The van der Waals surface area contributed by atoms with E-state index in [0.717, 1.165) is 16.9 Å². The lowest BCUT2D eigenvalue weighted by molar-refractivity contribution is 0.581. The van der Waals surface area contributed by atoms with Gasteiger partial charge in [-0.15, -0.1) is 0 Å². The fourth-order valence-corrected chi connectivity index (χ4v) is 3.66. The zero-order valence-electron chi connectivity index (χ0n) is 13.7. The lowest BCUT2D eigenvalue weighted by Gasteiger charge is -2.07. The third kappa shape index (κ3) is 4.28. The first kappa shape index (κ1) is 17.7. The number of para-hydroxylation sites is 1. The smallest absolute Gasteiger partial charge is 0.240 e. The van der Waals surface area contributed by atoms with Crippen molar-refractivity contribution in [1.82, 2.24) is 14.5 Å². The molecule has 0 atom stereocenters. The van der Waals surface area contributed by atoms with Crippen LogP contribution in [0.15, 0.2) is 65.7 Å². The van der Waals surface area contributed by atoms with Crippen LogP contribution >= 0.6 is 11.6 Å². The molecule has 0 saturated heterocycles. The number of hydrogen-bond acceptors (Lipinski definition) is 3. The summed E-state index contributed by atoms with van der Waals surface area (Å²) >= 11 is 6.01. The van der Waals surface area contributed by atoms with E-state index in [1.807, 2.05) is 49.5 Å². The van der Waals surface area contributed by atoms with Gasteiger partial charge in [-0.05, 0) is 42.8 Å². The summed E-state index contributed by atoms with van der Waals surface area (Å²) in [5.41, 5.74) is 2.61. The maximum Gasteiger partial charge on any atom is 0.240 e. The fraction of sp³-hybridized carbons (Fsp3) is 0.167. The van der Waals surface area contributed by atoms with Gasteiger partial charge < -0.3 is 0 Å². The second kappa shape index (κ2) is 7.39. The van der Waals surface area contributed by atoms with Crippen LogP contribution in [0.3, 0.4) is 0 Å². The number of aromatic nitrogens is 2. The van der Waals surface area contributed by atoms with Gasteiger partial charge in [0.15, 0.2) is 0 Å². The Bertz CT molecular complexity index is 969. The number of sulfonamides is 1. The molecule has 5 nitrogen and oxygen atoms in total. The van der Waals surface area contributed by atoms with E-state index in [1.54, 1.807) is 16.8 Å². The van der Waals surface area contributed by atoms with Gasteiger partial charge in [-0.25, -0.2) is 17.8 Å². The average Bonchev–Trinajstić information content (AvgIpc) is 3.07. The van der Waals surface area contributed by atoms with Crippen molar-refractivity contribution in [2.24, 2.45) is 0 Å². The monoisotopic (exact) mass is 375 g/mol. The molecule has 0 aliphatic rings. The van der Waals surface area contributed by atoms with E-state index in [1.165, 1.54) is 6.07 Å². The number of hydrogen-bond donors (Lipinski definition) is 1. The molecule has 3 rings (SSSR count). The largest absolute Gasteiger partial charge is 0.241 e. The lowest BCUT2D eigenvalue weighted by atomic mass is 10.2. The summed E-state index contributed by atoms with van der Waals surface area (Å²) < 4.78 is 29.0. The first-order valence-corrected chi connectivity index (χ1v) is 9.67. The van der Waals surface area contributed by atoms with Crippen LogP contribution in [0.4, 0.5) is 0 Å². The Labute approximate surface area is 152 Å². The quantitative estimate of drug-likeness (QED) is 0.718. The van der Waals surface area contributed by atoms with Gasteiger partial charge in [0.05, 0.1) is 16.3 Å². The molecule has 2 aromatic carbocycles. The number of nitrogens with zero attached hydrogens (tertiary/aromatic N) is 2. The van der Waals surface area contributed by atoms with E-state index in [9.17, 15) is 8.42 Å². The van der Waals surface area contributed by atoms with Gasteiger partial charge in [-0.2, -0.15) is 5.10 Å². The first-order chi connectivity index (χ1) is 12.0. The van der Waals surface area contributed by atoms with Crippen LogP contribution in [-0.4, -0.2) is 24.7 Å². The highest BCUT2D eigenvalue weighted by Crippen LogP contribution is 2.19. The molecule has 3 aromatic rings. The van der Waals surface area contributed by atoms with Crippen LogP contribution in [0.1, 0.15) is 11.3 Å². The molecule has 1 heterocycles. The van der Waals surface area contributed by atoms with Crippen molar-refractivity contribution in [1.29, 1.82) is 0 Å². The third-order valence-corrected chi connectivity index (χ3v) is 5.66. The predicted octanol–water partition coefficient (Wildman–Crippen LogP) is 3.36. The molecule has 0 bridgehead atoms. The fourth-order valence-electron chi connectivity index (χ4n) is 2.36. The maximum atomic E-state index is 12.3. The predicted molar refractivity (Wildman–Crippen MR) is 98.6 cm³/mol. The van der Waals surface area contributed by atoms with Crippen molar-refractivity contribution in [3.05, 3.63) is 77.1 Å². The highest BCUT2D eigenvalue weighted by Gasteiger charge is 2.14. The average molecular weight is 376 g/mol. The standard InChI is InChI=1S/C18H18ClN3O2S/c1-14-7-8-17(13-18(14)19)25(23,24)20-11-9-15-10-12-22(21-15)16-5-3-2-4-6-16/h2-8,10,12-13,20H,9,11H2,1H3. The molecule has 130 valence electrons. The number of rotatable bonds is 6. The van der Waals surface area contributed by atoms with Crippen LogP contribution in [0.5, 0.6) is 0 Å². The van der Waals surface area contributed by atoms with Gasteiger partial charge in [0.2, 0.25) is 10.0 Å². The Morgan fingerprint density at radius 2 is 1.88 bits per heavy atom. The molecule has 0 spiro atoms. The molecule has 0 radical (unpaired) electrons. The minimum absolute atomic E-state index is 0.165. The van der Waals surface area contributed by atoms with Crippen LogP contribution < -0.4 is 4.72 Å². The van der Waals surface area contributed by atoms with Crippen molar-refractivity contribution >= 4 is 21.6 Å². The van der Waals surface area contributed by atoms with Gasteiger partial charge in [0.25, 0.3) is 0 Å². The summed E-state index contributed by atoms with van der Waals surface area (Å²) in [7, 11) is -3.58. The van der Waals surface area contributed by atoms with Gasteiger partial charge in [0.1, 0.15) is 0 Å². The molecule has 0 aliphatic carbocycles. The third-order valence-electron chi connectivity index (χ3n) is 3.79. The Balaban J connectivity index is 1.63. The zero-order valence-corrected chi connectivity index (χ0v) is 15.3. The summed E-state index contributed by atoms with van der Waals surface area (Å²) in [5, 5.41) is 4.89. The van der Waals surface area contributed by atoms with Gasteiger partial charge in [0, 0.05) is 24.2 Å². The molecule has 0 aliphatic heterocycles. The van der Waals surface area contributed by atoms with Crippen molar-refractivity contribution in [2.45, 2.75) is 18.2 Å². The molecule has 0 unspecified atom stereocenters. The van der Waals surface area contributed by atoms with Crippen LogP contribution in [0.25, 0.3) is 5.69 Å². The van der Waals surface area contributed by atoms with Gasteiger partial charge in [-0.1, -0.05) is 35.9 Å². The molecule has 0 fully saturated rings. The molecule has 0 amide bonds. The van der Waals surface area contributed by atoms with E-state index >= 15 is 0 Å². The molecule has 1 N–H and O–H groups in total. The van der Waals surface area contributed by atoms with Crippen LogP contribution in [0.2, 0.25) is 5.02 Å². The van der Waals surface area contributed by atoms with E-state index in [0.29, 0.717) is 11.4 Å². The van der Waals surface area contributed by atoms with Crippen molar-refractivity contribution in [3.8, 4) is 5.69 Å². The van der Waals surface area contributed by atoms with E-state index in [2.05, 4.69) is 9.82 Å². The Morgan fingerprint density at radius 1 is 1.12 bits per heavy atom. The summed E-state index contributed by atoms with van der Waals surface area (Å²) in [6, 6.07) is 16.3. The Morgan fingerprint density at radius 3 is 2.60 bits per heavy atom. The van der Waals surface area contributed by atoms with Crippen molar-refractivity contribution in [3.63, 3.8) is 0 Å². The number of aryl methyl sites for hydroxylation is 1. The summed E-state index contributed by atoms with van der Waals surface area (Å²) in [6.45, 7) is 2.09. The minimum Gasteiger partial charge on any atom is -0.241 e. The first-order valence-electron chi connectivity index (χ1n) is 7.81. The summed E-state index contributed by atoms with van der Waals surface area (Å²) in [5.74, 6) is 0. The zero-order chi connectivity index (χ0) is 17.9. The normalized spacial score (nSPS) is 11.6.